The monoisotopic (exact) mass is 209 g/mol. The lowest BCUT2D eigenvalue weighted by atomic mass is 10.0. The molecule has 0 aromatic rings. The second-order valence-corrected chi connectivity index (χ2v) is 4.32. The van der Waals surface area contributed by atoms with Gasteiger partial charge in [0, 0.05) is 6.04 Å². The van der Waals surface area contributed by atoms with E-state index in [1.54, 1.807) is 0 Å². The zero-order valence-corrected chi connectivity index (χ0v) is 9.57. The fourth-order valence-corrected chi connectivity index (χ4v) is 1.99. The minimum Gasteiger partial charge on any atom is -0.306 e. The van der Waals surface area contributed by atoms with Crippen LogP contribution in [0.5, 0.6) is 0 Å². The van der Waals surface area contributed by atoms with Crippen molar-refractivity contribution in [3.05, 3.63) is 0 Å². The number of Topliss-reactive ketones (excluding diaryl/α,β-unsaturated/α-hetero) is 1. The van der Waals surface area contributed by atoms with Crippen LogP contribution in [-0.4, -0.2) is 55.4 Å². The average Bonchev–Trinajstić information content (AvgIpc) is 2.18. The molecule has 0 atom stereocenters. The highest BCUT2D eigenvalue weighted by Crippen LogP contribution is 2.13. The van der Waals surface area contributed by atoms with Crippen molar-refractivity contribution in [2.45, 2.75) is 25.3 Å². The summed E-state index contributed by atoms with van der Waals surface area (Å²) in [6.07, 6.45) is 2.27. The maximum absolute atomic E-state index is 11.3. The summed E-state index contributed by atoms with van der Waals surface area (Å²) < 4.78 is 0. The molecule has 0 aromatic heterocycles. The molecule has 1 heterocycles. The molecule has 1 fully saturated rings. The van der Waals surface area contributed by atoms with Crippen LogP contribution >= 0.6 is 0 Å². The molecule has 0 spiro atoms. The number of likely N-dealkylation sites (N-methyl/N-ethyl adjacent to an activating group) is 1. The second-order valence-electron chi connectivity index (χ2n) is 4.32. The van der Waals surface area contributed by atoms with E-state index in [2.05, 4.69) is 16.8 Å². The molecule has 0 radical (unpaired) electrons. The van der Waals surface area contributed by atoms with Crippen LogP contribution in [-0.2, 0) is 4.79 Å². The number of nitriles is 1. The fourth-order valence-electron chi connectivity index (χ4n) is 1.99. The van der Waals surface area contributed by atoms with Crippen LogP contribution in [0, 0.1) is 11.3 Å². The quantitative estimate of drug-likeness (QED) is 0.676. The van der Waals surface area contributed by atoms with E-state index in [-0.39, 0.29) is 12.2 Å². The Morgan fingerprint density at radius 1 is 1.53 bits per heavy atom. The molecule has 0 N–H and O–H groups in total. The summed E-state index contributed by atoms with van der Waals surface area (Å²) >= 11 is 0. The zero-order chi connectivity index (χ0) is 11.3. The molecule has 0 aromatic carbocycles. The molecule has 0 aliphatic carbocycles. The number of hydrogen-bond donors (Lipinski definition) is 0. The van der Waals surface area contributed by atoms with Gasteiger partial charge >= 0.3 is 0 Å². The van der Waals surface area contributed by atoms with Crippen LogP contribution in [0.3, 0.4) is 0 Å². The minimum absolute atomic E-state index is 0.0268. The molecule has 1 aliphatic heterocycles. The molecule has 15 heavy (non-hydrogen) atoms. The van der Waals surface area contributed by atoms with Gasteiger partial charge in [-0.2, -0.15) is 5.26 Å². The highest BCUT2D eigenvalue weighted by atomic mass is 16.1. The van der Waals surface area contributed by atoms with Gasteiger partial charge in [0.15, 0.2) is 5.78 Å². The van der Waals surface area contributed by atoms with Gasteiger partial charge in [0.2, 0.25) is 0 Å². The first-order chi connectivity index (χ1) is 7.13. The summed E-state index contributed by atoms with van der Waals surface area (Å²) in [5.74, 6) is 0.0268. The summed E-state index contributed by atoms with van der Waals surface area (Å²) in [6, 6.07) is 2.40. The molecule has 0 amide bonds. The largest absolute Gasteiger partial charge is 0.306 e. The summed E-state index contributed by atoms with van der Waals surface area (Å²) in [5.41, 5.74) is 0. The predicted molar refractivity (Wildman–Crippen MR) is 58.4 cm³/mol. The smallest absolute Gasteiger partial charge is 0.160 e. The molecular weight excluding hydrogens is 190 g/mol. The van der Waals surface area contributed by atoms with Gasteiger partial charge < -0.3 is 4.90 Å². The number of piperidine rings is 1. The molecule has 0 unspecified atom stereocenters. The summed E-state index contributed by atoms with van der Waals surface area (Å²) in [4.78, 5) is 15.7. The van der Waals surface area contributed by atoms with E-state index in [0.717, 1.165) is 25.9 Å². The molecule has 1 saturated heterocycles. The number of hydrogen-bond acceptors (Lipinski definition) is 4. The third-order valence-electron chi connectivity index (χ3n) is 3.01. The van der Waals surface area contributed by atoms with Gasteiger partial charge in [-0.3, -0.25) is 9.69 Å². The summed E-state index contributed by atoms with van der Waals surface area (Å²) in [7, 11) is 4.10. The van der Waals surface area contributed by atoms with Crippen LogP contribution in [0.2, 0.25) is 0 Å². The van der Waals surface area contributed by atoms with Crippen LogP contribution in [0.25, 0.3) is 0 Å². The van der Waals surface area contributed by atoms with E-state index in [0.29, 0.717) is 12.6 Å². The topological polar surface area (TPSA) is 47.3 Å². The molecule has 0 bridgehead atoms. The highest BCUT2D eigenvalue weighted by Gasteiger charge is 2.21. The molecular formula is C11H19N3O. The highest BCUT2D eigenvalue weighted by molar-refractivity contribution is 5.82. The van der Waals surface area contributed by atoms with Crippen molar-refractivity contribution in [3.63, 3.8) is 0 Å². The molecule has 4 nitrogen and oxygen atoms in total. The van der Waals surface area contributed by atoms with Gasteiger partial charge in [0.25, 0.3) is 0 Å². The second kappa shape index (κ2) is 5.84. The van der Waals surface area contributed by atoms with E-state index in [1.165, 1.54) is 0 Å². The van der Waals surface area contributed by atoms with Crippen LogP contribution in [0.1, 0.15) is 19.3 Å². The number of ketones is 1. The number of likely N-dealkylation sites (tertiary alicyclic amines) is 1. The van der Waals surface area contributed by atoms with E-state index in [1.807, 2.05) is 13.1 Å². The van der Waals surface area contributed by atoms with Crippen molar-refractivity contribution >= 4 is 5.78 Å². The van der Waals surface area contributed by atoms with Crippen molar-refractivity contribution in [1.82, 2.24) is 9.80 Å². The summed E-state index contributed by atoms with van der Waals surface area (Å²) in [6.45, 7) is 2.62. The van der Waals surface area contributed by atoms with Crippen molar-refractivity contribution in [1.29, 1.82) is 5.26 Å². The average molecular weight is 209 g/mol. The maximum Gasteiger partial charge on any atom is 0.160 e. The van der Waals surface area contributed by atoms with E-state index in [4.69, 9.17) is 5.26 Å². The van der Waals surface area contributed by atoms with Gasteiger partial charge in [0.1, 0.15) is 0 Å². The number of carbonyl (C=O) groups is 1. The Balaban J connectivity index is 2.31. The Morgan fingerprint density at radius 3 is 2.67 bits per heavy atom. The first kappa shape index (κ1) is 12.2. The van der Waals surface area contributed by atoms with Gasteiger partial charge in [-0.1, -0.05) is 0 Å². The standard InChI is InChI=1S/C11H19N3O/c1-13-7-4-10(5-8-13)14(2)9-11(15)3-6-12/h10H,3-5,7-9H2,1-2H3. The lowest BCUT2D eigenvalue weighted by molar-refractivity contribution is -0.119. The van der Waals surface area contributed by atoms with Gasteiger partial charge in [-0.25, -0.2) is 0 Å². The predicted octanol–water partition coefficient (Wildman–Crippen LogP) is 0.495. The Bertz CT molecular complexity index is 251. The van der Waals surface area contributed by atoms with Crippen molar-refractivity contribution < 1.29 is 4.79 Å². The third kappa shape index (κ3) is 3.98. The Labute approximate surface area is 91.5 Å². The molecule has 0 saturated carbocycles. The maximum atomic E-state index is 11.3. The number of carbonyl (C=O) groups excluding carboxylic acids is 1. The summed E-state index contributed by atoms with van der Waals surface area (Å²) in [5, 5.41) is 8.40. The molecule has 1 aliphatic rings. The van der Waals surface area contributed by atoms with Crippen LogP contribution < -0.4 is 0 Å². The van der Waals surface area contributed by atoms with E-state index in [9.17, 15) is 4.79 Å². The number of nitrogens with zero attached hydrogens (tertiary/aromatic N) is 3. The normalized spacial score (nSPS) is 19.1. The van der Waals surface area contributed by atoms with Gasteiger partial charge in [0.05, 0.1) is 19.0 Å². The lowest BCUT2D eigenvalue weighted by Crippen LogP contribution is -2.43. The third-order valence-corrected chi connectivity index (χ3v) is 3.01. The van der Waals surface area contributed by atoms with Gasteiger partial charge in [-0.05, 0) is 40.0 Å². The molecule has 84 valence electrons. The Morgan fingerprint density at radius 2 is 2.13 bits per heavy atom. The minimum atomic E-state index is 0.0268. The Kier molecular flexibility index (Phi) is 4.73. The lowest BCUT2D eigenvalue weighted by Gasteiger charge is -2.34. The van der Waals surface area contributed by atoms with E-state index < -0.39 is 0 Å². The van der Waals surface area contributed by atoms with Crippen molar-refractivity contribution in [3.8, 4) is 6.07 Å². The van der Waals surface area contributed by atoms with Crippen LogP contribution in [0.4, 0.5) is 0 Å². The SMILES string of the molecule is CN1CCC(N(C)CC(=O)CC#N)CC1. The zero-order valence-electron chi connectivity index (χ0n) is 9.57. The fraction of sp³-hybridized carbons (Fsp3) is 0.818. The van der Waals surface area contributed by atoms with E-state index >= 15 is 0 Å². The number of rotatable bonds is 4. The van der Waals surface area contributed by atoms with Crippen molar-refractivity contribution in [2.75, 3.05) is 33.7 Å². The van der Waals surface area contributed by atoms with Gasteiger partial charge in [-0.15, -0.1) is 0 Å². The molecule has 1 rings (SSSR count). The first-order valence-corrected chi connectivity index (χ1v) is 5.41. The van der Waals surface area contributed by atoms with Crippen LogP contribution in [0.15, 0.2) is 0 Å². The Hall–Kier alpha value is -0.920. The first-order valence-electron chi connectivity index (χ1n) is 5.41. The molecule has 4 heteroatoms. The van der Waals surface area contributed by atoms with Crippen molar-refractivity contribution in [2.24, 2.45) is 0 Å².